The van der Waals surface area contributed by atoms with E-state index in [9.17, 15) is 13.2 Å². The summed E-state index contributed by atoms with van der Waals surface area (Å²) < 4.78 is 43.2. The molecule has 126 valence electrons. The first-order valence-corrected chi connectivity index (χ1v) is 7.46. The van der Waals surface area contributed by atoms with Gasteiger partial charge in [-0.05, 0) is 35.9 Å². The quantitative estimate of drug-likeness (QED) is 0.491. The number of halogens is 4. The van der Waals surface area contributed by atoms with E-state index in [1.54, 1.807) is 30.3 Å². The number of hydrogen-bond acceptors (Lipinski definition) is 4. The number of rotatable bonds is 2. The molecule has 4 rings (SSSR count). The maximum atomic E-state index is 12.6. The third kappa shape index (κ3) is 2.85. The molecule has 0 radical (unpaired) electrons. The van der Waals surface area contributed by atoms with Gasteiger partial charge in [0.1, 0.15) is 5.75 Å². The van der Waals surface area contributed by atoms with Crippen LogP contribution in [0.3, 0.4) is 0 Å². The Labute approximate surface area is 143 Å². The standard InChI is InChI=1S/C16H8ClF3N4O/c17-15-21-11-7-3-1-5-9(11)14-22-13(23-24(14)15)10-6-2-4-8-12(10)25-16(18,19)20/h1-8H. The van der Waals surface area contributed by atoms with E-state index < -0.39 is 6.36 Å². The molecule has 0 spiro atoms. The van der Waals surface area contributed by atoms with Crippen molar-refractivity contribution in [1.82, 2.24) is 19.6 Å². The van der Waals surface area contributed by atoms with Gasteiger partial charge < -0.3 is 4.74 Å². The molecule has 4 aromatic rings. The average Bonchev–Trinajstić information content (AvgIpc) is 3.00. The summed E-state index contributed by atoms with van der Waals surface area (Å²) in [7, 11) is 0. The SMILES string of the molecule is FC(F)(F)Oc1ccccc1-c1nc2c3ccccc3nc(Cl)n2n1. The first-order valence-electron chi connectivity index (χ1n) is 7.08. The molecular weight excluding hydrogens is 357 g/mol. The van der Waals surface area contributed by atoms with Gasteiger partial charge >= 0.3 is 6.36 Å². The lowest BCUT2D eigenvalue weighted by atomic mass is 10.2. The lowest BCUT2D eigenvalue weighted by Crippen LogP contribution is -2.17. The summed E-state index contributed by atoms with van der Waals surface area (Å²) in [5.74, 6) is -0.334. The minimum atomic E-state index is -4.82. The fraction of sp³-hybridized carbons (Fsp3) is 0.0625. The van der Waals surface area contributed by atoms with Gasteiger partial charge in [-0.2, -0.15) is 4.52 Å². The molecule has 25 heavy (non-hydrogen) atoms. The predicted molar refractivity (Wildman–Crippen MR) is 85.4 cm³/mol. The summed E-state index contributed by atoms with van der Waals surface area (Å²) in [6.07, 6.45) is -4.82. The van der Waals surface area contributed by atoms with Gasteiger partial charge in [-0.3, -0.25) is 0 Å². The molecule has 2 heterocycles. The fourth-order valence-corrected chi connectivity index (χ4v) is 2.71. The number of nitrogens with zero attached hydrogens (tertiary/aromatic N) is 4. The van der Waals surface area contributed by atoms with Crippen LogP contribution in [0, 0.1) is 0 Å². The summed E-state index contributed by atoms with van der Waals surface area (Å²) in [5.41, 5.74) is 1.11. The second-order valence-corrected chi connectivity index (χ2v) is 5.45. The topological polar surface area (TPSA) is 52.3 Å². The number of alkyl halides is 3. The van der Waals surface area contributed by atoms with Crippen LogP contribution in [0.5, 0.6) is 5.75 Å². The van der Waals surface area contributed by atoms with Crippen LogP contribution in [0.1, 0.15) is 0 Å². The normalized spacial score (nSPS) is 12.0. The molecule has 0 aliphatic carbocycles. The molecular formula is C16H8ClF3N4O. The number of para-hydroxylation sites is 2. The summed E-state index contributed by atoms with van der Waals surface area (Å²) >= 11 is 6.12. The maximum absolute atomic E-state index is 12.6. The zero-order valence-corrected chi connectivity index (χ0v) is 13.1. The van der Waals surface area contributed by atoms with Crippen LogP contribution in [0.4, 0.5) is 13.2 Å². The number of hydrogen-bond donors (Lipinski definition) is 0. The second kappa shape index (κ2) is 5.59. The monoisotopic (exact) mass is 364 g/mol. The average molecular weight is 365 g/mol. The van der Waals surface area contributed by atoms with Gasteiger partial charge in [-0.1, -0.05) is 24.3 Å². The van der Waals surface area contributed by atoms with Crippen molar-refractivity contribution in [2.45, 2.75) is 6.36 Å². The van der Waals surface area contributed by atoms with Crippen LogP contribution in [0.15, 0.2) is 48.5 Å². The van der Waals surface area contributed by atoms with E-state index in [4.69, 9.17) is 11.6 Å². The van der Waals surface area contributed by atoms with Crippen molar-refractivity contribution in [3.05, 3.63) is 53.8 Å². The smallest absolute Gasteiger partial charge is 0.405 e. The van der Waals surface area contributed by atoms with Crippen molar-refractivity contribution < 1.29 is 17.9 Å². The van der Waals surface area contributed by atoms with Crippen molar-refractivity contribution in [1.29, 1.82) is 0 Å². The molecule has 0 fully saturated rings. The Morgan fingerprint density at radius 2 is 1.68 bits per heavy atom. The van der Waals surface area contributed by atoms with Gasteiger partial charge in [0.2, 0.25) is 5.28 Å². The Hall–Kier alpha value is -2.87. The van der Waals surface area contributed by atoms with Gasteiger partial charge in [0, 0.05) is 5.39 Å². The van der Waals surface area contributed by atoms with Crippen LogP contribution in [0.2, 0.25) is 5.28 Å². The van der Waals surface area contributed by atoms with E-state index >= 15 is 0 Å². The first-order chi connectivity index (χ1) is 11.9. The predicted octanol–water partition coefficient (Wildman–Crippen LogP) is 4.50. The lowest BCUT2D eigenvalue weighted by Gasteiger charge is -2.11. The van der Waals surface area contributed by atoms with Gasteiger partial charge in [-0.15, -0.1) is 18.3 Å². The Balaban J connectivity index is 1.95. The molecule has 2 aromatic heterocycles. The van der Waals surface area contributed by atoms with Crippen molar-refractivity contribution >= 4 is 28.2 Å². The molecule has 0 unspecified atom stereocenters. The van der Waals surface area contributed by atoms with Gasteiger partial charge in [-0.25, -0.2) is 9.97 Å². The van der Waals surface area contributed by atoms with E-state index in [1.807, 2.05) is 0 Å². The molecule has 0 N–H and O–H groups in total. The Morgan fingerprint density at radius 1 is 0.960 bits per heavy atom. The molecule has 0 bridgehead atoms. The van der Waals surface area contributed by atoms with Crippen LogP contribution < -0.4 is 4.74 Å². The van der Waals surface area contributed by atoms with E-state index in [0.717, 1.165) is 0 Å². The van der Waals surface area contributed by atoms with Gasteiger partial charge in [0.15, 0.2) is 11.5 Å². The van der Waals surface area contributed by atoms with Gasteiger partial charge in [0.25, 0.3) is 0 Å². The summed E-state index contributed by atoms with van der Waals surface area (Å²) in [5, 5.41) is 4.92. The Kier molecular flexibility index (Phi) is 3.50. The molecule has 0 saturated carbocycles. The minimum absolute atomic E-state index is 0.0555. The van der Waals surface area contributed by atoms with Crippen LogP contribution in [-0.2, 0) is 0 Å². The molecule has 2 aromatic carbocycles. The van der Waals surface area contributed by atoms with E-state index in [2.05, 4.69) is 19.8 Å². The highest BCUT2D eigenvalue weighted by Gasteiger charge is 2.32. The highest BCUT2D eigenvalue weighted by Crippen LogP contribution is 2.33. The highest BCUT2D eigenvalue weighted by molar-refractivity contribution is 6.29. The highest BCUT2D eigenvalue weighted by atomic mass is 35.5. The van der Waals surface area contributed by atoms with E-state index in [0.29, 0.717) is 16.6 Å². The van der Waals surface area contributed by atoms with Crippen molar-refractivity contribution in [2.24, 2.45) is 0 Å². The zero-order valence-electron chi connectivity index (χ0n) is 12.3. The summed E-state index contributed by atoms with van der Waals surface area (Å²) in [4.78, 5) is 8.55. The van der Waals surface area contributed by atoms with Crippen LogP contribution in [-0.4, -0.2) is 25.9 Å². The second-order valence-electron chi connectivity index (χ2n) is 5.11. The molecule has 0 aliphatic heterocycles. The largest absolute Gasteiger partial charge is 0.573 e. The molecule has 9 heteroatoms. The molecule has 5 nitrogen and oxygen atoms in total. The molecule has 0 amide bonds. The molecule has 0 saturated heterocycles. The minimum Gasteiger partial charge on any atom is -0.405 e. The fourth-order valence-electron chi connectivity index (χ4n) is 2.50. The third-order valence-electron chi connectivity index (χ3n) is 3.49. The number of aromatic nitrogens is 4. The Morgan fingerprint density at radius 3 is 2.48 bits per heavy atom. The number of fused-ring (bicyclic) bond motifs is 3. The van der Waals surface area contributed by atoms with E-state index in [-0.39, 0.29) is 22.4 Å². The van der Waals surface area contributed by atoms with Gasteiger partial charge in [0.05, 0.1) is 11.1 Å². The van der Waals surface area contributed by atoms with Crippen molar-refractivity contribution in [2.75, 3.05) is 0 Å². The first kappa shape index (κ1) is 15.6. The number of benzene rings is 2. The third-order valence-corrected chi connectivity index (χ3v) is 3.74. The molecule has 0 atom stereocenters. The summed E-state index contributed by atoms with van der Waals surface area (Å²) in [6.45, 7) is 0. The van der Waals surface area contributed by atoms with Crippen molar-refractivity contribution in [3.63, 3.8) is 0 Å². The van der Waals surface area contributed by atoms with Crippen LogP contribution in [0.25, 0.3) is 27.9 Å². The lowest BCUT2D eigenvalue weighted by molar-refractivity contribution is -0.274. The Bertz CT molecular complexity index is 1090. The molecule has 0 aliphatic rings. The number of ether oxygens (including phenoxy) is 1. The van der Waals surface area contributed by atoms with Crippen LogP contribution >= 0.6 is 11.6 Å². The van der Waals surface area contributed by atoms with E-state index in [1.165, 1.54) is 22.7 Å². The van der Waals surface area contributed by atoms with Crippen molar-refractivity contribution in [3.8, 4) is 17.1 Å². The summed E-state index contributed by atoms with van der Waals surface area (Å²) in [6, 6.07) is 12.8. The maximum Gasteiger partial charge on any atom is 0.573 e. The zero-order chi connectivity index (χ0) is 17.6.